The Labute approximate surface area is 139 Å². The van der Waals surface area contributed by atoms with E-state index in [2.05, 4.69) is 45.2 Å². The van der Waals surface area contributed by atoms with Crippen LogP contribution in [0, 0.1) is 6.07 Å². The number of fused-ring (bicyclic) bond motifs is 1. The van der Waals surface area contributed by atoms with Crippen LogP contribution in [-0.2, 0) is 4.74 Å². The lowest BCUT2D eigenvalue weighted by atomic mass is 10.1. The Balaban J connectivity index is 1.58. The highest BCUT2D eigenvalue weighted by Crippen LogP contribution is 2.32. The van der Waals surface area contributed by atoms with Gasteiger partial charge in [-0.1, -0.05) is 18.2 Å². The Hall–Kier alpha value is -1.82. The van der Waals surface area contributed by atoms with E-state index in [-0.39, 0.29) is 0 Å². The fourth-order valence-corrected chi connectivity index (χ4v) is 3.81. The van der Waals surface area contributed by atoms with Crippen molar-refractivity contribution in [3.05, 3.63) is 48.8 Å². The fraction of sp³-hybridized carbons (Fsp3) is 0.278. The van der Waals surface area contributed by atoms with Crippen LogP contribution in [0.1, 0.15) is 0 Å². The van der Waals surface area contributed by atoms with Crippen LogP contribution >= 0.6 is 11.8 Å². The molecule has 0 saturated carbocycles. The third-order valence-corrected chi connectivity index (χ3v) is 5.16. The lowest BCUT2D eigenvalue weighted by Gasteiger charge is -2.26. The number of H-pyrrole nitrogens is 1. The van der Waals surface area contributed by atoms with Crippen molar-refractivity contribution in [3.63, 3.8) is 0 Å². The van der Waals surface area contributed by atoms with Crippen molar-refractivity contribution < 1.29 is 4.74 Å². The van der Waals surface area contributed by atoms with Gasteiger partial charge in [0.1, 0.15) is 5.65 Å². The molecule has 23 heavy (non-hydrogen) atoms. The molecule has 1 aromatic carbocycles. The maximum atomic E-state index is 5.41. The zero-order valence-corrected chi connectivity index (χ0v) is 13.6. The molecular weight excluding hydrogens is 306 g/mol. The first-order chi connectivity index (χ1) is 11.4. The van der Waals surface area contributed by atoms with Gasteiger partial charge in [0.2, 0.25) is 0 Å². The summed E-state index contributed by atoms with van der Waals surface area (Å²) in [7, 11) is 0. The number of hydrogen-bond donors (Lipinski definition) is 1. The van der Waals surface area contributed by atoms with E-state index in [1.54, 1.807) is 0 Å². The second-order valence-electron chi connectivity index (χ2n) is 5.54. The predicted molar refractivity (Wildman–Crippen MR) is 93.5 cm³/mol. The van der Waals surface area contributed by atoms with Crippen molar-refractivity contribution in [1.29, 1.82) is 0 Å². The molecule has 5 heteroatoms. The van der Waals surface area contributed by atoms with Crippen LogP contribution in [0.5, 0.6) is 0 Å². The Morgan fingerprint density at radius 3 is 3.00 bits per heavy atom. The van der Waals surface area contributed by atoms with Crippen molar-refractivity contribution >= 4 is 22.8 Å². The molecule has 2 aromatic heterocycles. The first kappa shape index (κ1) is 14.8. The minimum absolute atomic E-state index is 0.837. The van der Waals surface area contributed by atoms with Crippen molar-refractivity contribution in [2.75, 3.05) is 32.2 Å². The van der Waals surface area contributed by atoms with Crippen molar-refractivity contribution in [3.8, 4) is 11.1 Å². The zero-order chi connectivity index (χ0) is 15.5. The number of rotatable bonds is 4. The first-order valence-corrected chi connectivity index (χ1v) is 8.76. The van der Waals surface area contributed by atoms with E-state index in [0.29, 0.717) is 0 Å². The summed E-state index contributed by atoms with van der Waals surface area (Å²) in [6.45, 7) is 3.70. The summed E-state index contributed by atoms with van der Waals surface area (Å²) in [6, 6.07) is 14.0. The standard InChI is InChI=1S/C18H18N3OS/c1-2-4-17(23-13-21-7-9-22-10-8-21)16(3-1)15-11-14-5-6-19-18(14)20-12-15/h1-6,12H,7-10,13H2,(H,19,20). The van der Waals surface area contributed by atoms with Gasteiger partial charge in [0.05, 0.1) is 13.2 Å². The summed E-state index contributed by atoms with van der Waals surface area (Å²) < 4.78 is 5.41. The van der Waals surface area contributed by atoms with Crippen molar-refractivity contribution in [1.82, 2.24) is 14.9 Å². The minimum atomic E-state index is 0.837. The average molecular weight is 324 g/mol. The van der Waals surface area contributed by atoms with E-state index in [4.69, 9.17) is 4.74 Å². The Morgan fingerprint density at radius 2 is 2.09 bits per heavy atom. The third kappa shape index (κ3) is 3.27. The van der Waals surface area contributed by atoms with Gasteiger partial charge in [-0.3, -0.25) is 4.90 Å². The molecule has 3 heterocycles. The van der Waals surface area contributed by atoms with Gasteiger partial charge in [0.25, 0.3) is 0 Å². The molecule has 117 valence electrons. The van der Waals surface area contributed by atoms with Crippen LogP contribution in [0.2, 0.25) is 0 Å². The SMILES string of the molecule is [c]1c(-c2ccccc2SCN2CCOCC2)cnc2[nH]ccc12. The largest absolute Gasteiger partial charge is 0.379 e. The van der Waals surface area contributed by atoms with Crippen LogP contribution < -0.4 is 0 Å². The maximum Gasteiger partial charge on any atom is 0.137 e. The highest BCUT2D eigenvalue weighted by Gasteiger charge is 2.12. The molecule has 0 aliphatic carbocycles. The molecular formula is C18H18N3OS. The number of morpholine rings is 1. The number of hydrogen-bond acceptors (Lipinski definition) is 4. The third-order valence-electron chi connectivity index (χ3n) is 4.00. The number of pyridine rings is 1. The average Bonchev–Trinajstić information content (AvgIpc) is 3.09. The second-order valence-corrected chi connectivity index (χ2v) is 6.52. The van der Waals surface area contributed by atoms with Gasteiger partial charge < -0.3 is 9.72 Å². The maximum absolute atomic E-state index is 5.41. The molecule has 0 spiro atoms. The highest BCUT2D eigenvalue weighted by molar-refractivity contribution is 7.99. The van der Waals surface area contributed by atoms with Crippen LogP contribution in [0.4, 0.5) is 0 Å². The van der Waals surface area contributed by atoms with Crippen molar-refractivity contribution in [2.24, 2.45) is 0 Å². The van der Waals surface area contributed by atoms with Gasteiger partial charge >= 0.3 is 0 Å². The summed E-state index contributed by atoms with van der Waals surface area (Å²) in [5.74, 6) is 0.986. The molecule has 4 nitrogen and oxygen atoms in total. The molecule has 1 aliphatic rings. The summed E-state index contributed by atoms with van der Waals surface area (Å²) in [5, 5.41) is 1.02. The predicted octanol–water partition coefficient (Wildman–Crippen LogP) is 3.41. The molecule has 1 saturated heterocycles. The minimum Gasteiger partial charge on any atom is -0.379 e. The number of thioether (sulfide) groups is 1. The van der Waals surface area contributed by atoms with Crippen LogP contribution in [-0.4, -0.2) is 47.0 Å². The number of nitrogens with one attached hydrogen (secondary N) is 1. The Kier molecular flexibility index (Phi) is 4.33. The van der Waals surface area contributed by atoms with Gasteiger partial charge in [-0.15, -0.1) is 11.8 Å². The molecule has 1 radical (unpaired) electrons. The quantitative estimate of drug-likeness (QED) is 0.747. The lowest BCUT2D eigenvalue weighted by molar-refractivity contribution is 0.0474. The summed E-state index contributed by atoms with van der Waals surface area (Å²) in [4.78, 5) is 11.3. The van der Waals surface area contributed by atoms with Gasteiger partial charge in [-0.05, 0) is 17.7 Å². The molecule has 0 atom stereocenters. The number of nitrogens with zero attached hydrogens (tertiary/aromatic N) is 2. The Morgan fingerprint density at radius 1 is 1.22 bits per heavy atom. The van der Waals surface area contributed by atoms with E-state index in [1.165, 1.54) is 10.5 Å². The van der Waals surface area contributed by atoms with Gasteiger partial charge in [-0.25, -0.2) is 4.98 Å². The van der Waals surface area contributed by atoms with Gasteiger partial charge in [0.15, 0.2) is 0 Å². The molecule has 3 aromatic rings. The van der Waals surface area contributed by atoms with E-state index >= 15 is 0 Å². The topological polar surface area (TPSA) is 41.1 Å². The number of benzene rings is 1. The Bertz CT molecular complexity index is 796. The second kappa shape index (κ2) is 6.74. The van der Waals surface area contributed by atoms with Gasteiger partial charge in [-0.2, -0.15) is 0 Å². The summed E-state index contributed by atoms with van der Waals surface area (Å²) in [6.07, 6.45) is 3.80. The number of aromatic amines is 1. The molecule has 4 rings (SSSR count). The molecule has 1 fully saturated rings. The molecule has 0 unspecified atom stereocenters. The number of ether oxygens (including phenoxy) is 1. The highest BCUT2D eigenvalue weighted by atomic mass is 32.2. The van der Waals surface area contributed by atoms with E-state index in [1.807, 2.05) is 30.2 Å². The van der Waals surface area contributed by atoms with Crippen LogP contribution in [0.15, 0.2) is 47.6 Å². The van der Waals surface area contributed by atoms with Gasteiger partial charge in [0, 0.05) is 53.3 Å². The normalized spacial score (nSPS) is 16.0. The van der Waals surface area contributed by atoms with E-state index in [0.717, 1.165) is 48.8 Å². The number of aromatic nitrogens is 2. The first-order valence-electron chi connectivity index (χ1n) is 7.78. The van der Waals surface area contributed by atoms with Crippen LogP contribution in [0.3, 0.4) is 0 Å². The fourth-order valence-electron chi connectivity index (χ4n) is 2.72. The molecule has 0 bridgehead atoms. The van der Waals surface area contributed by atoms with E-state index in [9.17, 15) is 0 Å². The zero-order valence-electron chi connectivity index (χ0n) is 12.8. The molecule has 1 N–H and O–H groups in total. The van der Waals surface area contributed by atoms with Crippen LogP contribution in [0.25, 0.3) is 22.2 Å². The monoisotopic (exact) mass is 324 g/mol. The summed E-state index contributed by atoms with van der Waals surface area (Å²) in [5.41, 5.74) is 3.12. The molecule has 0 amide bonds. The smallest absolute Gasteiger partial charge is 0.137 e. The molecule has 1 aliphatic heterocycles. The summed E-state index contributed by atoms with van der Waals surface area (Å²) >= 11 is 1.87. The van der Waals surface area contributed by atoms with E-state index < -0.39 is 0 Å². The van der Waals surface area contributed by atoms with Crippen molar-refractivity contribution in [2.45, 2.75) is 4.90 Å². The lowest BCUT2D eigenvalue weighted by Crippen LogP contribution is -2.35.